The summed E-state index contributed by atoms with van der Waals surface area (Å²) in [6.45, 7) is 0.523. The van der Waals surface area contributed by atoms with Crippen LogP contribution in [-0.2, 0) is 13.5 Å². The third-order valence-corrected chi connectivity index (χ3v) is 3.21. The molecule has 4 N–H and O–H groups in total. The van der Waals surface area contributed by atoms with Crippen LogP contribution in [0.15, 0.2) is 24.5 Å². The fraction of sp³-hybridized carbons (Fsp3) is 0.231. The number of aryl methyl sites for hydroxylation is 1. The Morgan fingerprint density at radius 1 is 1.55 bits per heavy atom. The van der Waals surface area contributed by atoms with E-state index >= 15 is 0 Å². The van der Waals surface area contributed by atoms with Gasteiger partial charge in [-0.05, 0) is 12.1 Å². The average Bonchev–Trinajstić information content (AvgIpc) is 2.77. The largest absolute Gasteiger partial charge is 0.478 e. The lowest BCUT2D eigenvalue weighted by Gasteiger charge is -2.12. The highest BCUT2D eigenvalue weighted by molar-refractivity contribution is 6.34. The van der Waals surface area contributed by atoms with E-state index in [-0.39, 0.29) is 5.56 Å². The molecule has 0 unspecified atom stereocenters. The minimum Gasteiger partial charge on any atom is -0.478 e. The zero-order chi connectivity index (χ0) is 14.7. The highest BCUT2D eigenvalue weighted by Gasteiger charge is 2.14. The summed E-state index contributed by atoms with van der Waals surface area (Å²) in [5, 5.41) is 12.5. The molecule has 0 saturated heterocycles. The monoisotopic (exact) mass is 294 g/mol. The number of aromatic nitrogens is 2. The van der Waals surface area contributed by atoms with Gasteiger partial charge in [-0.3, -0.25) is 0 Å². The van der Waals surface area contributed by atoms with Gasteiger partial charge in [0.15, 0.2) is 0 Å². The standard InChI is InChI=1S/C13H15ClN4O2/c1-18-5-4-16-11(18)2-3-17-12-9(13(19)20)6-8(15)7-10(12)14/h4-7,17H,2-3,15H2,1H3,(H,19,20). The van der Waals surface area contributed by atoms with Crippen LogP contribution < -0.4 is 11.1 Å². The van der Waals surface area contributed by atoms with Crippen molar-refractivity contribution in [1.29, 1.82) is 0 Å². The van der Waals surface area contributed by atoms with Crippen molar-refractivity contribution in [3.8, 4) is 0 Å². The lowest BCUT2D eigenvalue weighted by atomic mass is 10.1. The van der Waals surface area contributed by atoms with E-state index in [4.69, 9.17) is 17.3 Å². The second-order valence-electron chi connectivity index (χ2n) is 4.36. The van der Waals surface area contributed by atoms with Gasteiger partial charge in [-0.1, -0.05) is 11.6 Å². The van der Waals surface area contributed by atoms with Crippen molar-refractivity contribution in [3.05, 3.63) is 40.9 Å². The number of rotatable bonds is 5. The van der Waals surface area contributed by atoms with E-state index in [9.17, 15) is 9.90 Å². The zero-order valence-corrected chi connectivity index (χ0v) is 11.7. The van der Waals surface area contributed by atoms with Gasteiger partial charge in [-0.15, -0.1) is 0 Å². The Balaban J connectivity index is 2.13. The maximum absolute atomic E-state index is 11.2. The fourth-order valence-corrected chi connectivity index (χ4v) is 2.21. The van der Waals surface area contributed by atoms with Gasteiger partial charge >= 0.3 is 5.97 Å². The molecule has 0 atom stereocenters. The molecular weight excluding hydrogens is 280 g/mol. The summed E-state index contributed by atoms with van der Waals surface area (Å²) in [5.41, 5.74) is 6.37. The summed E-state index contributed by atoms with van der Waals surface area (Å²) in [7, 11) is 1.90. The Hall–Kier alpha value is -2.21. The number of aromatic carboxylic acids is 1. The number of imidazole rings is 1. The number of nitrogens with two attached hydrogens (primary N) is 1. The first-order chi connectivity index (χ1) is 9.49. The zero-order valence-electron chi connectivity index (χ0n) is 10.9. The minimum absolute atomic E-state index is 0.0647. The number of halogens is 1. The predicted molar refractivity (Wildman–Crippen MR) is 78.2 cm³/mol. The molecule has 0 saturated carbocycles. The smallest absolute Gasteiger partial charge is 0.337 e. The van der Waals surface area contributed by atoms with E-state index in [2.05, 4.69) is 10.3 Å². The number of hydrogen-bond donors (Lipinski definition) is 3. The SMILES string of the molecule is Cn1ccnc1CCNc1c(Cl)cc(N)cc1C(=O)O. The second-order valence-corrected chi connectivity index (χ2v) is 4.77. The molecule has 0 aliphatic rings. The van der Waals surface area contributed by atoms with Crippen LogP contribution in [-0.4, -0.2) is 27.2 Å². The molecule has 0 amide bonds. The van der Waals surface area contributed by atoms with E-state index in [1.54, 1.807) is 6.20 Å². The Morgan fingerprint density at radius 2 is 2.30 bits per heavy atom. The number of carbonyl (C=O) groups is 1. The minimum atomic E-state index is -1.07. The Kier molecular flexibility index (Phi) is 4.14. The summed E-state index contributed by atoms with van der Waals surface area (Å²) in [6, 6.07) is 2.91. The molecule has 0 radical (unpaired) electrons. The van der Waals surface area contributed by atoms with Crippen LogP contribution in [0.3, 0.4) is 0 Å². The first-order valence-corrected chi connectivity index (χ1v) is 6.39. The molecule has 0 aliphatic carbocycles. The van der Waals surface area contributed by atoms with E-state index in [1.165, 1.54) is 12.1 Å². The van der Waals surface area contributed by atoms with Crippen molar-refractivity contribution >= 4 is 28.9 Å². The van der Waals surface area contributed by atoms with Gasteiger partial charge in [0.05, 0.1) is 16.3 Å². The van der Waals surface area contributed by atoms with Gasteiger partial charge < -0.3 is 20.7 Å². The lowest BCUT2D eigenvalue weighted by molar-refractivity contribution is 0.0698. The van der Waals surface area contributed by atoms with Crippen LogP contribution >= 0.6 is 11.6 Å². The van der Waals surface area contributed by atoms with E-state index in [1.807, 2.05) is 17.8 Å². The van der Waals surface area contributed by atoms with Gasteiger partial charge in [0.1, 0.15) is 5.82 Å². The first kappa shape index (κ1) is 14.2. The van der Waals surface area contributed by atoms with Crippen LogP contribution in [0.25, 0.3) is 0 Å². The summed E-state index contributed by atoms with van der Waals surface area (Å²) >= 11 is 6.04. The van der Waals surface area contributed by atoms with Gasteiger partial charge in [-0.25, -0.2) is 9.78 Å². The highest BCUT2D eigenvalue weighted by Crippen LogP contribution is 2.29. The van der Waals surface area contributed by atoms with Crippen LogP contribution in [0.2, 0.25) is 5.02 Å². The Bertz CT molecular complexity index is 639. The van der Waals surface area contributed by atoms with Crippen molar-refractivity contribution in [3.63, 3.8) is 0 Å². The Labute approximate surface area is 121 Å². The third-order valence-electron chi connectivity index (χ3n) is 2.91. The molecular formula is C13H15ClN4O2. The summed E-state index contributed by atoms with van der Waals surface area (Å²) in [4.78, 5) is 15.4. The molecule has 7 heteroatoms. The molecule has 106 valence electrons. The highest BCUT2D eigenvalue weighted by atomic mass is 35.5. The molecule has 1 heterocycles. The quantitative estimate of drug-likeness (QED) is 0.734. The maximum Gasteiger partial charge on any atom is 0.337 e. The van der Waals surface area contributed by atoms with Crippen molar-refractivity contribution < 1.29 is 9.90 Å². The Morgan fingerprint density at radius 3 is 2.90 bits per heavy atom. The van der Waals surface area contributed by atoms with Crippen LogP contribution in [0.1, 0.15) is 16.2 Å². The van der Waals surface area contributed by atoms with Crippen molar-refractivity contribution in [2.45, 2.75) is 6.42 Å². The number of hydrogen-bond acceptors (Lipinski definition) is 4. The molecule has 0 aliphatic heterocycles. The predicted octanol–water partition coefficient (Wildman–Crippen LogP) is 2.01. The topological polar surface area (TPSA) is 93.2 Å². The summed E-state index contributed by atoms with van der Waals surface area (Å²) in [5.74, 6) is -0.167. The summed E-state index contributed by atoms with van der Waals surface area (Å²) < 4.78 is 1.91. The molecule has 20 heavy (non-hydrogen) atoms. The van der Waals surface area contributed by atoms with Crippen LogP contribution in [0.5, 0.6) is 0 Å². The molecule has 0 spiro atoms. The summed E-state index contributed by atoms with van der Waals surface area (Å²) in [6.07, 6.45) is 4.23. The van der Waals surface area contributed by atoms with Crippen molar-refractivity contribution in [1.82, 2.24) is 9.55 Å². The molecule has 2 aromatic rings. The number of nitrogen functional groups attached to an aromatic ring is 1. The molecule has 0 fully saturated rings. The third kappa shape index (κ3) is 3.03. The van der Waals surface area contributed by atoms with Crippen LogP contribution in [0, 0.1) is 0 Å². The average molecular weight is 295 g/mol. The normalized spacial score (nSPS) is 10.5. The molecule has 2 rings (SSSR count). The number of nitrogens with zero attached hydrogens (tertiary/aromatic N) is 2. The van der Waals surface area contributed by atoms with E-state index in [0.29, 0.717) is 29.4 Å². The second kappa shape index (κ2) is 5.83. The van der Waals surface area contributed by atoms with Gasteiger partial charge in [0.2, 0.25) is 0 Å². The van der Waals surface area contributed by atoms with Gasteiger partial charge in [0.25, 0.3) is 0 Å². The molecule has 1 aromatic carbocycles. The number of carboxylic acids is 1. The van der Waals surface area contributed by atoms with E-state index < -0.39 is 5.97 Å². The number of anilines is 2. The van der Waals surface area contributed by atoms with Crippen molar-refractivity contribution in [2.24, 2.45) is 7.05 Å². The van der Waals surface area contributed by atoms with Crippen LogP contribution in [0.4, 0.5) is 11.4 Å². The van der Waals surface area contributed by atoms with Gasteiger partial charge in [-0.2, -0.15) is 0 Å². The van der Waals surface area contributed by atoms with E-state index in [0.717, 1.165) is 5.82 Å². The maximum atomic E-state index is 11.2. The van der Waals surface area contributed by atoms with Crippen molar-refractivity contribution in [2.75, 3.05) is 17.6 Å². The molecule has 1 aromatic heterocycles. The molecule has 6 nitrogen and oxygen atoms in total. The number of benzene rings is 1. The number of nitrogens with one attached hydrogen (secondary N) is 1. The lowest BCUT2D eigenvalue weighted by Crippen LogP contribution is -2.12. The van der Waals surface area contributed by atoms with Gasteiger partial charge in [0, 0.05) is 38.1 Å². The number of carboxylic acid groups (broad SMARTS) is 1. The first-order valence-electron chi connectivity index (χ1n) is 6.01. The molecule has 0 bridgehead atoms. The fourth-order valence-electron chi connectivity index (χ4n) is 1.91.